The van der Waals surface area contributed by atoms with Crippen LogP contribution in [0.4, 0.5) is 13.4 Å². The molecule has 0 amide bonds. The molecule has 40 valence electrons. The molecule has 0 saturated carbocycles. The Morgan fingerprint density at radius 3 is 1.00 bits per heavy atom. The standard InChI is InChI=1S/F3N.H2O.W/c1-4(2)3;;/h;1H2;. The molecule has 0 atom stereocenters. The Morgan fingerprint density at radius 2 is 1.00 bits per heavy atom. The first-order valence-electron chi connectivity index (χ1n) is 0.507. The third-order valence-electron chi connectivity index (χ3n) is 0. The summed E-state index contributed by atoms with van der Waals surface area (Å²) in [6, 6.07) is 0. The molecule has 0 aromatic carbocycles. The average molecular weight is 273 g/mol. The predicted octanol–water partition coefficient (Wildman–Crippen LogP) is 0.115. The second kappa shape index (κ2) is 9.04. The first kappa shape index (κ1) is 16.1. The fraction of sp³-hybridized carbons (Fsp3) is 0. The molecular formula is H2F3NOW. The van der Waals surface area contributed by atoms with Gasteiger partial charge in [0.1, 0.15) is 0 Å². The predicted molar refractivity (Wildman–Crippen MR) is 8.78 cm³/mol. The van der Waals surface area contributed by atoms with Gasteiger partial charge in [-0.15, -0.1) is 0 Å². The van der Waals surface area contributed by atoms with Crippen molar-refractivity contribution in [3.63, 3.8) is 0 Å². The van der Waals surface area contributed by atoms with Gasteiger partial charge in [-0.25, -0.2) is 0 Å². The van der Waals surface area contributed by atoms with E-state index in [9.17, 15) is 13.4 Å². The summed E-state index contributed by atoms with van der Waals surface area (Å²) in [4.78, 5) is 0. The van der Waals surface area contributed by atoms with Gasteiger partial charge in [0.15, 0.2) is 5.57 Å². The number of hydrogen-bond donors (Lipinski definition) is 0. The van der Waals surface area contributed by atoms with E-state index in [-0.39, 0.29) is 26.5 Å². The van der Waals surface area contributed by atoms with Crippen LogP contribution in [0.3, 0.4) is 0 Å². The minimum atomic E-state index is -2.50. The van der Waals surface area contributed by atoms with Crippen LogP contribution in [0.15, 0.2) is 0 Å². The van der Waals surface area contributed by atoms with E-state index >= 15 is 0 Å². The van der Waals surface area contributed by atoms with E-state index in [2.05, 4.69) is 0 Å². The fourth-order valence-electron chi connectivity index (χ4n) is 0. The molecule has 0 heterocycles. The van der Waals surface area contributed by atoms with Crippen molar-refractivity contribution in [3.05, 3.63) is 0 Å². The minimum Gasteiger partial charge on any atom is -0.412 e. The van der Waals surface area contributed by atoms with E-state index in [0.29, 0.717) is 0 Å². The maximum Gasteiger partial charge on any atom is 0.199 e. The van der Waals surface area contributed by atoms with Gasteiger partial charge in [0.05, 0.1) is 0 Å². The summed E-state index contributed by atoms with van der Waals surface area (Å²) < 4.78 is 28.5. The molecule has 0 bridgehead atoms. The van der Waals surface area contributed by atoms with Crippen LogP contribution in [0, 0.1) is 0 Å². The molecule has 6 heavy (non-hydrogen) atoms. The molecule has 2 nitrogen and oxygen atoms in total. The molecule has 0 saturated heterocycles. The third kappa shape index (κ3) is 320. The summed E-state index contributed by atoms with van der Waals surface area (Å²) in [5.41, 5.74) is -2.50. The molecule has 2 N–H and O–H groups in total. The molecule has 0 aliphatic heterocycles. The van der Waals surface area contributed by atoms with Crippen molar-refractivity contribution in [2.75, 3.05) is 0 Å². The van der Waals surface area contributed by atoms with E-state index < -0.39 is 5.57 Å². The van der Waals surface area contributed by atoms with Gasteiger partial charge in [-0.05, 0) is 0 Å². The SMILES string of the molecule is FN(F)F.O.[W]. The first-order chi connectivity index (χ1) is 1.73. The molecule has 6 heteroatoms. The topological polar surface area (TPSA) is 34.7 Å². The molecule has 0 aliphatic carbocycles. The van der Waals surface area contributed by atoms with Crippen LogP contribution < -0.4 is 0 Å². The molecular weight excluding hydrogens is 271 g/mol. The van der Waals surface area contributed by atoms with Gasteiger partial charge in [0, 0.05) is 21.1 Å². The monoisotopic (exact) mass is 273 g/mol. The van der Waals surface area contributed by atoms with Crippen molar-refractivity contribution < 1.29 is 40.0 Å². The van der Waals surface area contributed by atoms with Crippen molar-refractivity contribution in [3.8, 4) is 0 Å². The number of rotatable bonds is 0. The molecule has 0 fully saturated rings. The zero-order chi connectivity index (χ0) is 3.58. The van der Waals surface area contributed by atoms with Gasteiger partial charge < -0.3 is 5.48 Å². The number of nitrogens with zero attached hydrogens (tertiary/aromatic N) is 1. The van der Waals surface area contributed by atoms with Crippen molar-refractivity contribution in [1.82, 2.24) is 5.57 Å². The van der Waals surface area contributed by atoms with Crippen molar-refractivity contribution in [1.29, 1.82) is 0 Å². The Labute approximate surface area is 46.3 Å². The molecule has 0 spiro atoms. The maximum atomic E-state index is 9.50. The second-order valence-corrected chi connectivity index (χ2v) is 0.192. The molecule has 0 aromatic rings. The van der Waals surface area contributed by atoms with Gasteiger partial charge in [-0.3, -0.25) is 0 Å². The first-order valence-corrected chi connectivity index (χ1v) is 0.507. The minimum absolute atomic E-state index is 0. The van der Waals surface area contributed by atoms with Crippen molar-refractivity contribution in [2.24, 2.45) is 0 Å². The number of hydrogen-bond acceptors (Lipinski definition) is 1. The van der Waals surface area contributed by atoms with Crippen LogP contribution in [-0.4, -0.2) is 11.0 Å². The van der Waals surface area contributed by atoms with E-state index in [1.54, 1.807) is 0 Å². The Kier molecular flexibility index (Phi) is 24.3. The van der Waals surface area contributed by atoms with Gasteiger partial charge in [0.2, 0.25) is 0 Å². The summed E-state index contributed by atoms with van der Waals surface area (Å²) in [6.07, 6.45) is 0. The Balaban J connectivity index is -0.0000000450. The van der Waals surface area contributed by atoms with E-state index in [4.69, 9.17) is 0 Å². The molecule has 0 rings (SSSR count). The Morgan fingerprint density at radius 1 is 1.00 bits per heavy atom. The van der Waals surface area contributed by atoms with Crippen LogP contribution in [0.25, 0.3) is 0 Å². The van der Waals surface area contributed by atoms with Gasteiger partial charge >= 0.3 is 0 Å². The van der Waals surface area contributed by atoms with Crippen molar-refractivity contribution >= 4 is 0 Å². The fourth-order valence-corrected chi connectivity index (χ4v) is 0. The van der Waals surface area contributed by atoms with E-state index in [1.807, 2.05) is 0 Å². The number of halogens is 3. The van der Waals surface area contributed by atoms with Crippen LogP contribution in [0.5, 0.6) is 0 Å². The maximum absolute atomic E-state index is 9.50. The van der Waals surface area contributed by atoms with Crippen LogP contribution in [0.2, 0.25) is 0 Å². The average Bonchev–Trinajstić information content (AvgIpc) is 0.811. The Bertz CT molecular complexity index is 15.5. The zero-order valence-electron chi connectivity index (χ0n) is 2.49. The van der Waals surface area contributed by atoms with Crippen molar-refractivity contribution in [2.45, 2.75) is 0 Å². The smallest absolute Gasteiger partial charge is 0.199 e. The molecule has 0 radical (unpaired) electrons. The zero-order valence-corrected chi connectivity index (χ0v) is 5.42. The molecule has 0 unspecified atom stereocenters. The van der Waals surface area contributed by atoms with Gasteiger partial charge in [-0.1, -0.05) is 13.4 Å². The van der Waals surface area contributed by atoms with Gasteiger partial charge in [0.25, 0.3) is 0 Å². The summed E-state index contributed by atoms with van der Waals surface area (Å²) >= 11 is 0. The van der Waals surface area contributed by atoms with Crippen LogP contribution >= 0.6 is 0 Å². The quantitative estimate of drug-likeness (QED) is 0.577. The Hall–Kier alpha value is 0.398. The molecule has 0 aromatic heterocycles. The summed E-state index contributed by atoms with van der Waals surface area (Å²) in [6.45, 7) is 0. The van der Waals surface area contributed by atoms with E-state index in [1.165, 1.54) is 0 Å². The van der Waals surface area contributed by atoms with Crippen LogP contribution in [0.1, 0.15) is 0 Å². The third-order valence-corrected chi connectivity index (χ3v) is 0. The molecule has 0 aliphatic rings. The second-order valence-electron chi connectivity index (χ2n) is 0.192. The van der Waals surface area contributed by atoms with Gasteiger partial charge in [-0.2, -0.15) is 0 Å². The summed E-state index contributed by atoms with van der Waals surface area (Å²) in [5, 5.41) is 0. The largest absolute Gasteiger partial charge is 0.412 e. The normalized spacial score (nSPS) is 6.00. The summed E-state index contributed by atoms with van der Waals surface area (Å²) in [5.74, 6) is 0. The van der Waals surface area contributed by atoms with Crippen LogP contribution in [-0.2, 0) is 21.1 Å². The summed E-state index contributed by atoms with van der Waals surface area (Å²) in [7, 11) is 0. The van der Waals surface area contributed by atoms with E-state index in [0.717, 1.165) is 0 Å².